The van der Waals surface area contributed by atoms with Gasteiger partial charge in [-0.2, -0.15) is 0 Å². The van der Waals surface area contributed by atoms with Gasteiger partial charge in [0.2, 0.25) is 5.95 Å². The molecule has 104 valence electrons. The molecular weight excluding hydrogens is 252 g/mol. The molecule has 1 heterocycles. The van der Waals surface area contributed by atoms with E-state index in [4.69, 9.17) is 0 Å². The quantitative estimate of drug-likeness (QED) is 0.892. The van der Waals surface area contributed by atoms with Crippen LogP contribution >= 0.6 is 0 Å². The first-order chi connectivity index (χ1) is 9.81. The molecule has 1 aliphatic rings. The average molecular weight is 270 g/mol. The van der Waals surface area contributed by atoms with E-state index in [1.165, 1.54) is 12.8 Å². The molecule has 1 aromatic carbocycles. The molecule has 3 rings (SSSR count). The van der Waals surface area contributed by atoms with Gasteiger partial charge in [-0.15, -0.1) is 10.2 Å². The minimum Gasteiger partial charge on any atom is -0.352 e. The number of benzene rings is 1. The van der Waals surface area contributed by atoms with Crippen LogP contribution < -0.4 is 10.9 Å². The van der Waals surface area contributed by atoms with Crippen molar-refractivity contribution < 1.29 is 0 Å². The topological polar surface area (TPSA) is 70.7 Å². The fourth-order valence-corrected chi connectivity index (χ4v) is 2.59. The van der Waals surface area contributed by atoms with Gasteiger partial charge in [-0.3, -0.25) is 9.78 Å². The highest BCUT2D eigenvalue weighted by Gasteiger charge is 2.16. The lowest BCUT2D eigenvalue weighted by atomic mass is 10.1. The molecule has 1 aromatic heterocycles. The van der Waals surface area contributed by atoms with Crippen molar-refractivity contribution in [3.8, 4) is 0 Å². The monoisotopic (exact) mass is 270 g/mol. The number of hydrogen-bond acceptors (Lipinski definition) is 4. The van der Waals surface area contributed by atoms with Crippen LogP contribution in [0, 0.1) is 0 Å². The van der Waals surface area contributed by atoms with Crippen LogP contribution in [0.15, 0.2) is 35.1 Å². The van der Waals surface area contributed by atoms with Crippen molar-refractivity contribution in [1.82, 2.24) is 15.2 Å². The van der Waals surface area contributed by atoms with E-state index >= 15 is 0 Å². The van der Waals surface area contributed by atoms with E-state index in [2.05, 4.69) is 20.5 Å². The lowest BCUT2D eigenvalue weighted by molar-refractivity contribution is 0.731. The van der Waals surface area contributed by atoms with Crippen molar-refractivity contribution in [3.05, 3.63) is 51.9 Å². The summed E-state index contributed by atoms with van der Waals surface area (Å²) >= 11 is 0. The van der Waals surface area contributed by atoms with Crippen LogP contribution in [-0.2, 0) is 6.42 Å². The minimum atomic E-state index is -0.163. The molecule has 0 amide bonds. The van der Waals surface area contributed by atoms with E-state index in [1.807, 2.05) is 30.3 Å². The minimum absolute atomic E-state index is 0.163. The Balaban J connectivity index is 1.72. The number of nitrogens with one attached hydrogen (secondary N) is 2. The van der Waals surface area contributed by atoms with Gasteiger partial charge in [0.15, 0.2) is 0 Å². The third-order valence-electron chi connectivity index (χ3n) is 3.68. The van der Waals surface area contributed by atoms with Gasteiger partial charge in [0.25, 0.3) is 5.56 Å². The van der Waals surface area contributed by atoms with E-state index in [9.17, 15) is 4.79 Å². The van der Waals surface area contributed by atoms with E-state index < -0.39 is 0 Å². The van der Waals surface area contributed by atoms with E-state index in [0.717, 1.165) is 18.4 Å². The predicted molar refractivity (Wildman–Crippen MR) is 77.8 cm³/mol. The van der Waals surface area contributed by atoms with Crippen molar-refractivity contribution >= 4 is 5.95 Å². The molecule has 0 aliphatic heterocycles. The molecule has 2 N–H and O–H groups in total. The first-order valence-electron chi connectivity index (χ1n) is 7.07. The Bertz CT molecular complexity index is 617. The Hall–Kier alpha value is -2.17. The van der Waals surface area contributed by atoms with E-state index in [1.54, 1.807) is 0 Å². The van der Waals surface area contributed by atoms with E-state index in [-0.39, 0.29) is 5.56 Å². The van der Waals surface area contributed by atoms with Crippen molar-refractivity contribution in [2.24, 2.45) is 0 Å². The molecule has 0 atom stereocenters. The van der Waals surface area contributed by atoms with Crippen molar-refractivity contribution in [1.29, 1.82) is 0 Å². The Morgan fingerprint density at radius 3 is 2.60 bits per heavy atom. The van der Waals surface area contributed by atoms with Gasteiger partial charge in [0.05, 0.1) is 0 Å². The summed E-state index contributed by atoms with van der Waals surface area (Å²) in [5, 5.41) is 11.4. The normalized spacial score (nSPS) is 15.4. The molecule has 1 fully saturated rings. The molecule has 5 heteroatoms. The molecule has 5 nitrogen and oxygen atoms in total. The zero-order chi connectivity index (χ0) is 13.8. The zero-order valence-electron chi connectivity index (χ0n) is 11.3. The summed E-state index contributed by atoms with van der Waals surface area (Å²) in [6, 6.07) is 10.2. The maximum Gasteiger partial charge on any atom is 0.274 e. The maximum atomic E-state index is 12.0. The van der Waals surface area contributed by atoms with Crippen molar-refractivity contribution in [2.75, 3.05) is 5.32 Å². The smallest absolute Gasteiger partial charge is 0.274 e. The number of anilines is 1. The van der Waals surface area contributed by atoms with E-state index in [0.29, 0.717) is 24.1 Å². The summed E-state index contributed by atoms with van der Waals surface area (Å²) in [4.78, 5) is 14.8. The van der Waals surface area contributed by atoms with Crippen LogP contribution in [0.4, 0.5) is 5.95 Å². The fourth-order valence-electron chi connectivity index (χ4n) is 2.59. The molecule has 0 spiro atoms. The standard InChI is InChI=1S/C15H18N4O/c20-14-13(10-11-6-2-1-3-7-11)18-19-15(17-14)16-12-8-4-5-9-12/h1-3,6-7,12H,4-5,8-10H2,(H2,16,17,19,20). The van der Waals surface area contributed by atoms with Gasteiger partial charge in [0, 0.05) is 12.5 Å². The largest absolute Gasteiger partial charge is 0.352 e. The van der Waals surface area contributed by atoms with Crippen LogP contribution in [0.5, 0.6) is 0 Å². The van der Waals surface area contributed by atoms with Crippen molar-refractivity contribution in [3.63, 3.8) is 0 Å². The molecular formula is C15H18N4O. The molecule has 0 saturated heterocycles. The molecule has 1 saturated carbocycles. The highest BCUT2D eigenvalue weighted by molar-refractivity contribution is 5.26. The van der Waals surface area contributed by atoms with Crippen LogP contribution in [0.2, 0.25) is 0 Å². The van der Waals surface area contributed by atoms with Crippen LogP contribution in [0.25, 0.3) is 0 Å². The highest BCUT2D eigenvalue weighted by Crippen LogP contribution is 2.20. The molecule has 0 bridgehead atoms. The first-order valence-corrected chi connectivity index (χ1v) is 7.07. The maximum absolute atomic E-state index is 12.0. The second kappa shape index (κ2) is 5.86. The predicted octanol–water partition coefficient (Wildman–Crippen LogP) is 2.11. The van der Waals surface area contributed by atoms with Crippen LogP contribution in [0.1, 0.15) is 36.9 Å². The second-order valence-corrected chi connectivity index (χ2v) is 5.24. The average Bonchev–Trinajstić information content (AvgIpc) is 2.96. The zero-order valence-corrected chi connectivity index (χ0v) is 11.3. The number of aromatic amines is 1. The Morgan fingerprint density at radius 2 is 1.90 bits per heavy atom. The van der Waals surface area contributed by atoms with Crippen LogP contribution in [0.3, 0.4) is 0 Å². The molecule has 20 heavy (non-hydrogen) atoms. The summed E-state index contributed by atoms with van der Waals surface area (Å²) in [6.07, 6.45) is 5.25. The van der Waals surface area contributed by atoms with Gasteiger partial charge in [-0.05, 0) is 18.4 Å². The lowest BCUT2D eigenvalue weighted by Gasteiger charge is -2.11. The number of aromatic nitrogens is 3. The third-order valence-corrected chi connectivity index (χ3v) is 3.68. The number of H-pyrrole nitrogens is 1. The number of rotatable bonds is 4. The third kappa shape index (κ3) is 3.04. The highest BCUT2D eigenvalue weighted by atomic mass is 16.1. The lowest BCUT2D eigenvalue weighted by Crippen LogP contribution is -2.23. The van der Waals surface area contributed by atoms with Gasteiger partial charge in [-0.1, -0.05) is 43.2 Å². The van der Waals surface area contributed by atoms with Gasteiger partial charge >= 0.3 is 0 Å². The van der Waals surface area contributed by atoms with Crippen LogP contribution in [-0.4, -0.2) is 21.2 Å². The Labute approximate surface area is 117 Å². The molecule has 1 aliphatic carbocycles. The fraction of sp³-hybridized carbons (Fsp3) is 0.400. The van der Waals surface area contributed by atoms with Gasteiger partial charge < -0.3 is 5.32 Å². The summed E-state index contributed by atoms with van der Waals surface area (Å²) in [7, 11) is 0. The van der Waals surface area contributed by atoms with Gasteiger partial charge in [0.1, 0.15) is 5.69 Å². The first kappa shape index (κ1) is 12.8. The Morgan fingerprint density at radius 1 is 1.15 bits per heavy atom. The molecule has 0 unspecified atom stereocenters. The SMILES string of the molecule is O=c1[nH]c(NC2CCCC2)nnc1Cc1ccccc1. The molecule has 0 radical (unpaired) electrons. The number of nitrogens with zero attached hydrogens (tertiary/aromatic N) is 2. The number of hydrogen-bond donors (Lipinski definition) is 2. The Kier molecular flexibility index (Phi) is 3.76. The summed E-state index contributed by atoms with van der Waals surface area (Å²) in [5.41, 5.74) is 1.35. The molecule has 2 aromatic rings. The second-order valence-electron chi connectivity index (χ2n) is 5.24. The van der Waals surface area contributed by atoms with Gasteiger partial charge in [-0.25, -0.2) is 0 Å². The summed E-state index contributed by atoms with van der Waals surface area (Å²) in [6.45, 7) is 0. The summed E-state index contributed by atoms with van der Waals surface area (Å²) in [5.74, 6) is 0.485. The summed E-state index contributed by atoms with van der Waals surface area (Å²) < 4.78 is 0. The van der Waals surface area contributed by atoms with Crippen molar-refractivity contribution in [2.45, 2.75) is 38.1 Å².